The molecule has 1 amide bonds. The first-order valence-electron chi connectivity index (χ1n) is 8.86. The van der Waals surface area contributed by atoms with Crippen molar-refractivity contribution < 1.29 is 4.79 Å². The number of guanidine groups is 1. The van der Waals surface area contributed by atoms with Crippen molar-refractivity contribution in [2.75, 3.05) is 26.7 Å². The van der Waals surface area contributed by atoms with Crippen LogP contribution in [0.25, 0.3) is 0 Å². The predicted octanol–water partition coefficient (Wildman–Crippen LogP) is 1.74. The summed E-state index contributed by atoms with van der Waals surface area (Å²) in [6, 6.07) is 8.33. The zero-order valence-electron chi connectivity index (χ0n) is 15.3. The molecule has 0 saturated carbocycles. The summed E-state index contributed by atoms with van der Waals surface area (Å²) in [5.41, 5.74) is 2.59. The first kappa shape index (κ1) is 18.4. The minimum absolute atomic E-state index is 0.0954. The van der Waals surface area contributed by atoms with Crippen LogP contribution >= 0.6 is 11.3 Å². The summed E-state index contributed by atoms with van der Waals surface area (Å²) >= 11 is 1.71. The van der Waals surface area contributed by atoms with E-state index in [9.17, 15) is 4.79 Å². The number of carbonyl (C=O) groups excluding carboxylic acids is 1. The first-order valence-corrected chi connectivity index (χ1v) is 9.67. The molecule has 7 heteroatoms. The lowest BCUT2D eigenvalue weighted by molar-refractivity contribution is -0.130. The van der Waals surface area contributed by atoms with Crippen LogP contribution in [0, 0.1) is 6.92 Å². The van der Waals surface area contributed by atoms with Crippen LogP contribution in [0.15, 0.2) is 35.5 Å². The zero-order valence-corrected chi connectivity index (χ0v) is 16.1. The lowest BCUT2D eigenvalue weighted by Gasteiger charge is -2.29. The largest absolute Gasteiger partial charge is 0.356 e. The quantitative estimate of drug-likeness (QED) is 0.621. The molecule has 0 spiro atoms. The Morgan fingerprint density at radius 1 is 1.31 bits per heavy atom. The summed E-state index contributed by atoms with van der Waals surface area (Å²) in [4.78, 5) is 24.2. The number of benzene rings is 1. The van der Waals surface area contributed by atoms with Gasteiger partial charge in [-0.15, -0.1) is 11.3 Å². The Kier molecular flexibility index (Phi) is 6.22. The van der Waals surface area contributed by atoms with Gasteiger partial charge in [0.15, 0.2) is 5.96 Å². The molecule has 1 aliphatic rings. The predicted molar refractivity (Wildman–Crippen MR) is 105 cm³/mol. The standard InChI is InChI=1S/C19H25N5OS/c1-14-11-22-17(26-14)7-9-21-19(20-2)23-12-18(25)24-10-8-15-5-3-4-6-16(15)13-24/h3-6,11H,7-10,12-13H2,1-2H3,(H2,20,21,23). The average Bonchev–Trinajstić information content (AvgIpc) is 3.09. The summed E-state index contributed by atoms with van der Waals surface area (Å²) in [7, 11) is 1.71. The van der Waals surface area contributed by atoms with Crippen LogP contribution in [0.4, 0.5) is 0 Å². The van der Waals surface area contributed by atoms with E-state index in [4.69, 9.17) is 0 Å². The van der Waals surface area contributed by atoms with Crippen molar-refractivity contribution in [2.24, 2.45) is 4.99 Å². The Hall–Kier alpha value is -2.41. The topological polar surface area (TPSA) is 69.6 Å². The van der Waals surface area contributed by atoms with Gasteiger partial charge in [-0.2, -0.15) is 0 Å². The van der Waals surface area contributed by atoms with E-state index in [0.29, 0.717) is 12.5 Å². The van der Waals surface area contributed by atoms with Crippen LogP contribution in [0.1, 0.15) is 21.0 Å². The monoisotopic (exact) mass is 371 g/mol. The molecule has 0 radical (unpaired) electrons. The van der Waals surface area contributed by atoms with Crippen molar-refractivity contribution in [1.29, 1.82) is 0 Å². The Labute approximate surface area is 158 Å². The maximum absolute atomic E-state index is 12.5. The maximum atomic E-state index is 12.5. The number of nitrogens with zero attached hydrogens (tertiary/aromatic N) is 3. The first-order chi connectivity index (χ1) is 12.7. The molecule has 0 unspecified atom stereocenters. The molecule has 2 aromatic rings. The Balaban J connectivity index is 1.43. The molecule has 1 aromatic heterocycles. The van der Waals surface area contributed by atoms with Gasteiger partial charge >= 0.3 is 0 Å². The molecule has 0 atom stereocenters. The van der Waals surface area contributed by atoms with Crippen LogP contribution in [0.2, 0.25) is 0 Å². The van der Waals surface area contributed by atoms with Crippen LogP contribution in [0.5, 0.6) is 0 Å². The highest BCUT2D eigenvalue weighted by Crippen LogP contribution is 2.18. The van der Waals surface area contributed by atoms with E-state index in [1.165, 1.54) is 16.0 Å². The van der Waals surface area contributed by atoms with E-state index in [-0.39, 0.29) is 12.5 Å². The second kappa shape index (κ2) is 8.80. The number of hydrogen-bond acceptors (Lipinski definition) is 4. The fourth-order valence-electron chi connectivity index (χ4n) is 3.01. The van der Waals surface area contributed by atoms with Crippen LogP contribution < -0.4 is 10.6 Å². The van der Waals surface area contributed by atoms with E-state index in [1.54, 1.807) is 18.4 Å². The second-order valence-corrected chi connectivity index (χ2v) is 7.62. The molecule has 0 bridgehead atoms. The van der Waals surface area contributed by atoms with E-state index in [1.807, 2.05) is 17.2 Å². The van der Waals surface area contributed by atoms with E-state index < -0.39 is 0 Å². The summed E-state index contributed by atoms with van der Waals surface area (Å²) in [5, 5.41) is 7.45. The molecule has 26 heavy (non-hydrogen) atoms. The molecule has 1 aromatic carbocycles. The summed E-state index contributed by atoms with van der Waals surface area (Å²) in [6.07, 6.45) is 3.65. The van der Waals surface area contributed by atoms with E-state index >= 15 is 0 Å². The number of amides is 1. The van der Waals surface area contributed by atoms with Gasteiger partial charge in [0.1, 0.15) is 0 Å². The number of thiazole rings is 1. The third-order valence-electron chi connectivity index (χ3n) is 4.41. The third kappa shape index (κ3) is 4.82. The highest BCUT2D eigenvalue weighted by Gasteiger charge is 2.20. The van der Waals surface area contributed by atoms with Gasteiger partial charge in [0.2, 0.25) is 5.91 Å². The molecule has 0 fully saturated rings. The summed E-state index contributed by atoms with van der Waals surface area (Å²) < 4.78 is 0. The maximum Gasteiger partial charge on any atom is 0.242 e. The Bertz CT molecular complexity index is 786. The molecule has 3 rings (SSSR count). The van der Waals surface area contributed by atoms with Gasteiger partial charge in [-0.25, -0.2) is 4.98 Å². The number of aliphatic imine (C=N–C) groups is 1. The molecule has 6 nitrogen and oxygen atoms in total. The molecule has 1 aliphatic heterocycles. The van der Waals surface area contributed by atoms with Crippen molar-refractivity contribution in [3.05, 3.63) is 51.5 Å². The number of fused-ring (bicyclic) bond motifs is 1. The third-order valence-corrected chi connectivity index (χ3v) is 5.39. The van der Waals surface area contributed by atoms with Gasteiger partial charge in [0, 0.05) is 44.2 Å². The number of aromatic nitrogens is 1. The summed E-state index contributed by atoms with van der Waals surface area (Å²) in [6.45, 7) is 4.49. The molecule has 138 valence electrons. The van der Waals surface area contributed by atoms with Gasteiger partial charge < -0.3 is 15.5 Å². The van der Waals surface area contributed by atoms with E-state index in [0.717, 1.165) is 30.9 Å². The SMILES string of the molecule is CN=C(NCCc1ncc(C)s1)NCC(=O)N1CCc2ccccc2C1. The fourth-order valence-corrected chi connectivity index (χ4v) is 3.79. The van der Waals surface area contributed by atoms with Crippen LogP contribution in [-0.2, 0) is 24.2 Å². The minimum Gasteiger partial charge on any atom is -0.356 e. The van der Waals surface area contributed by atoms with E-state index in [2.05, 4.69) is 45.7 Å². The molecular weight excluding hydrogens is 346 g/mol. The Morgan fingerprint density at radius 2 is 2.12 bits per heavy atom. The van der Waals surface area contributed by atoms with Crippen molar-refractivity contribution in [2.45, 2.75) is 26.3 Å². The fraction of sp³-hybridized carbons (Fsp3) is 0.421. The highest BCUT2D eigenvalue weighted by atomic mass is 32.1. The highest BCUT2D eigenvalue weighted by molar-refractivity contribution is 7.11. The zero-order chi connectivity index (χ0) is 18.4. The van der Waals surface area contributed by atoms with Gasteiger partial charge in [0.25, 0.3) is 0 Å². The molecule has 0 aliphatic carbocycles. The van der Waals surface area contributed by atoms with Gasteiger partial charge in [0.05, 0.1) is 11.6 Å². The number of nitrogens with one attached hydrogen (secondary N) is 2. The van der Waals surface area contributed by atoms with Crippen LogP contribution in [0.3, 0.4) is 0 Å². The lowest BCUT2D eigenvalue weighted by Crippen LogP contribution is -2.46. The second-order valence-electron chi connectivity index (χ2n) is 6.30. The number of aryl methyl sites for hydroxylation is 1. The van der Waals surface area contributed by atoms with Crippen LogP contribution in [-0.4, -0.2) is 48.4 Å². The van der Waals surface area contributed by atoms with Gasteiger partial charge in [-0.05, 0) is 24.5 Å². The molecule has 2 N–H and O–H groups in total. The molecular formula is C19H25N5OS. The lowest BCUT2D eigenvalue weighted by atomic mass is 10.00. The normalized spacial score (nSPS) is 14.1. The van der Waals surface area contributed by atoms with Crippen molar-refractivity contribution in [1.82, 2.24) is 20.5 Å². The van der Waals surface area contributed by atoms with Crippen molar-refractivity contribution >= 4 is 23.2 Å². The molecule has 0 saturated heterocycles. The molecule has 2 heterocycles. The minimum atomic E-state index is 0.0954. The van der Waals surface area contributed by atoms with Crippen molar-refractivity contribution in [3.63, 3.8) is 0 Å². The number of rotatable bonds is 5. The van der Waals surface area contributed by atoms with Gasteiger partial charge in [-0.1, -0.05) is 24.3 Å². The Morgan fingerprint density at radius 3 is 2.85 bits per heavy atom. The number of hydrogen-bond donors (Lipinski definition) is 2. The average molecular weight is 372 g/mol. The summed E-state index contributed by atoms with van der Waals surface area (Å²) in [5.74, 6) is 0.738. The number of carbonyl (C=O) groups is 1. The smallest absolute Gasteiger partial charge is 0.242 e. The van der Waals surface area contributed by atoms with Crippen molar-refractivity contribution in [3.8, 4) is 0 Å². The van der Waals surface area contributed by atoms with Gasteiger partial charge in [-0.3, -0.25) is 9.79 Å².